The summed E-state index contributed by atoms with van der Waals surface area (Å²) >= 11 is -1.25. The summed E-state index contributed by atoms with van der Waals surface area (Å²) in [6.07, 6.45) is 10.6. The molecule has 0 aromatic carbocycles. The second-order valence-electron chi connectivity index (χ2n) is 3.85. The molecule has 0 heterocycles. The minimum absolute atomic E-state index is 0.386. The number of allylic oxidation sites excluding steroid dienone is 1. The van der Waals surface area contributed by atoms with E-state index in [0.29, 0.717) is 6.10 Å². The van der Waals surface area contributed by atoms with E-state index in [1.54, 1.807) is 0 Å². The Balaban J connectivity index is 2.56. The molecule has 0 bridgehead atoms. The summed E-state index contributed by atoms with van der Waals surface area (Å²) in [5, 5.41) is 0. The van der Waals surface area contributed by atoms with Crippen molar-refractivity contribution in [2.75, 3.05) is 6.61 Å². The second kappa shape index (κ2) is 8.12. The average Bonchev–Trinajstić information content (AvgIpc) is 2.30. The fraction of sp³-hybridized carbons (Fsp3) is 0.818. The standard InChI is InChI=1S/C11H19O.ClH.Hg/c1-2-12-11-9-7-5-3-4-6-8-10-11;;/h7,11H,2-6,8,10H2,1H3;1H;/q;;+1/p-1. The summed E-state index contributed by atoms with van der Waals surface area (Å²) in [5.41, 5.74) is 0. The second-order valence-corrected chi connectivity index (χ2v) is 10.4. The molecule has 0 saturated heterocycles. The molecule has 1 unspecified atom stereocenters. The van der Waals surface area contributed by atoms with Gasteiger partial charge in [-0.05, 0) is 0 Å². The average molecular weight is 403 g/mol. The quantitative estimate of drug-likeness (QED) is 0.651. The van der Waals surface area contributed by atoms with E-state index in [0.717, 1.165) is 6.61 Å². The van der Waals surface area contributed by atoms with Gasteiger partial charge in [0, 0.05) is 0 Å². The summed E-state index contributed by atoms with van der Waals surface area (Å²) in [5.74, 6) is 0. The normalized spacial score (nSPS) is 27.9. The van der Waals surface area contributed by atoms with Gasteiger partial charge in [0.2, 0.25) is 0 Å². The van der Waals surface area contributed by atoms with E-state index in [9.17, 15) is 0 Å². The Morgan fingerprint density at radius 3 is 2.93 bits per heavy atom. The van der Waals surface area contributed by atoms with Gasteiger partial charge in [-0.25, -0.2) is 0 Å². The molecule has 1 rings (SSSR count). The van der Waals surface area contributed by atoms with Gasteiger partial charge in [0.1, 0.15) is 0 Å². The van der Waals surface area contributed by atoms with Crippen LogP contribution in [0.5, 0.6) is 0 Å². The number of halogens is 1. The van der Waals surface area contributed by atoms with Crippen molar-refractivity contribution in [3.63, 3.8) is 0 Å². The van der Waals surface area contributed by atoms with Gasteiger partial charge in [-0.2, -0.15) is 0 Å². The van der Waals surface area contributed by atoms with Crippen LogP contribution in [0.3, 0.4) is 0 Å². The number of rotatable bonds is 3. The Kier molecular flexibility index (Phi) is 7.54. The van der Waals surface area contributed by atoms with Gasteiger partial charge in [-0.1, -0.05) is 0 Å². The van der Waals surface area contributed by atoms with E-state index in [4.69, 9.17) is 13.0 Å². The van der Waals surface area contributed by atoms with Gasteiger partial charge < -0.3 is 0 Å². The molecule has 0 aromatic rings. The van der Waals surface area contributed by atoms with Crippen LogP contribution in [0.25, 0.3) is 0 Å². The summed E-state index contributed by atoms with van der Waals surface area (Å²) in [7, 11) is 6.16. The van der Waals surface area contributed by atoms with Crippen LogP contribution >= 0.6 is 8.25 Å². The predicted molar refractivity (Wildman–Crippen MR) is 57.1 cm³/mol. The molecule has 1 nitrogen and oxygen atoms in total. The van der Waals surface area contributed by atoms with Crippen molar-refractivity contribution in [1.29, 1.82) is 0 Å². The molecule has 0 aromatic heterocycles. The van der Waals surface area contributed by atoms with Crippen molar-refractivity contribution in [3.05, 3.63) is 9.16 Å². The van der Waals surface area contributed by atoms with Crippen LogP contribution in [0.4, 0.5) is 0 Å². The number of ether oxygens (including phenoxy) is 1. The zero-order chi connectivity index (χ0) is 10.2. The first kappa shape index (κ1) is 13.0. The molecule has 0 N–H and O–H groups in total. The maximum absolute atomic E-state index is 6.16. The monoisotopic (exact) mass is 404 g/mol. The molecule has 14 heavy (non-hydrogen) atoms. The van der Waals surface area contributed by atoms with E-state index in [2.05, 4.69) is 13.0 Å². The first-order valence-electron chi connectivity index (χ1n) is 5.75. The summed E-state index contributed by atoms with van der Waals surface area (Å²) < 4.78 is 7.30. The Morgan fingerprint density at radius 1 is 1.43 bits per heavy atom. The zero-order valence-corrected chi connectivity index (χ0v) is 15.4. The first-order chi connectivity index (χ1) is 6.88. The molecule has 0 amide bonds. The SMILES string of the molecule is CCOC1CCCCCC/C=[C]\1[Hg][Cl]. The van der Waals surface area contributed by atoms with E-state index in [1.807, 2.05) is 0 Å². The fourth-order valence-corrected chi connectivity index (χ4v) is 7.57. The minimum atomic E-state index is -1.25. The van der Waals surface area contributed by atoms with E-state index in [-0.39, 0.29) is 0 Å². The van der Waals surface area contributed by atoms with Crippen LogP contribution in [-0.2, 0) is 28.1 Å². The Hall–Kier alpha value is 0.925. The molecule has 0 radical (unpaired) electrons. The van der Waals surface area contributed by atoms with Crippen molar-refractivity contribution >= 4 is 8.25 Å². The van der Waals surface area contributed by atoms with Crippen molar-refractivity contribution in [2.24, 2.45) is 0 Å². The Labute approximate surface area is 103 Å². The van der Waals surface area contributed by atoms with Crippen LogP contribution in [0.1, 0.15) is 45.4 Å². The first-order valence-corrected chi connectivity index (χ1v) is 15.3. The van der Waals surface area contributed by atoms with Gasteiger partial charge >= 0.3 is 104 Å². The van der Waals surface area contributed by atoms with Gasteiger partial charge in [-0.3, -0.25) is 0 Å². The van der Waals surface area contributed by atoms with Crippen molar-refractivity contribution in [1.82, 2.24) is 0 Å². The molecule has 0 saturated carbocycles. The van der Waals surface area contributed by atoms with Gasteiger partial charge in [0.05, 0.1) is 0 Å². The topological polar surface area (TPSA) is 9.23 Å². The Bertz CT molecular complexity index is 182. The Morgan fingerprint density at radius 2 is 2.21 bits per heavy atom. The van der Waals surface area contributed by atoms with E-state index >= 15 is 0 Å². The molecular formula is C11H19ClHgO. The molecule has 78 valence electrons. The third-order valence-electron chi connectivity index (χ3n) is 2.76. The molecule has 1 aliphatic carbocycles. The third-order valence-corrected chi connectivity index (χ3v) is 9.56. The molecular weight excluding hydrogens is 384 g/mol. The summed E-state index contributed by atoms with van der Waals surface area (Å²) in [6.45, 7) is 2.90. The van der Waals surface area contributed by atoms with Gasteiger partial charge in [-0.15, -0.1) is 0 Å². The third kappa shape index (κ3) is 4.63. The van der Waals surface area contributed by atoms with Crippen LogP contribution in [0, 0.1) is 0 Å². The molecule has 0 aliphatic heterocycles. The molecule has 3 heteroatoms. The summed E-state index contributed by atoms with van der Waals surface area (Å²) in [4.78, 5) is 0. The van der Waals surface area contributed by atoms with Crippen LogP contribution in [0.15, 0.2) is 9.16 Å². The van der Waals surface area contributed by atoms with Crippen molar-refractivity contribution < 1.29 is 28.1 Å². The van der Waals surface area contributed by atoms with Crippen molar-refractivity contribution in [3.8, 4) is 0 Å². The van der Waals surface area contributed by atoms with Gasteiger partial charge in [0.15, 0.2) is 0 Å². The predicted octanol–water partition coefficient (Wildman–Crippen LogP) is 3.87. The van der Waals surface area contributed by atoms with Gasteiger partial charge in [0.25, 0.3) is 0 Å². The van der Waals surface area contributed by atoms with Crippen molar-refractivity contribution in [2.45, 2.75) is 51.6 Å². The molecule has 1 atom stereocenters. The van der Waals surface area contributed by atoms with Crippen LogP contribution in [0.2, 0.25) is 0 Å². The van der Waals surface area contributed by atoms with E-state index < -0.39 is 23.3 Å². The maximum atomic E-state index is 6.16. The van der Waals surface area contributed by atoms with Crippen LogP contribution in [-0.4, -0.2) is 12.7 Å². The number of hydrogen-bond donors (Lipinski definition) is 0. The molecule has 1 aliphatic rings. The summed E-state index contributed by atoms with van der Waals surface area (Å²) in [6, 6.07) is 0. The zero-order valence-electron chi connectivity index (χ0n) is 9.10. The number of hydrogen-bond acceptors (Lipinski definition) is 1. The molecule has 0 spiro atoms. The van der Waals surface area contributed by atoms with E-state index in [1.165, 1.54) is 41.6 Å². The fourth-order valence-electron chi connectivity index (χ4n) is 1.96. The molecule has 0 fully saturated rings. The van der Waals surface area contributed by atoms with Crippen LogP contribution < -0.4 is 0 Å².